The smallest absolute Gasteiger partial charge is 0.378 e. The van der Waals surface area contributed by atoms with Crippen LogP contribution in [0.5, 0.6) is 0 Å². The lowest BCUT2D eigenvalue weighted by Gasteiger charge is -2.38. The summed E-state index contributed by atoms with van der Waals surface area (Å²) in [4.78, 5) is 0. The summed E-state index contributed by atoms with van der Waals surface area (Å²) in [5, 5.41) is 0. The fraction of sp³-hybridized carbons (Fsp3) is 0.800. The highest BCUT2D eigenvalue weighted by Crippen LogP contribution is 2.48. The van der Waals surface area contributed by atoms with E-state index in [2.05, 4.69) is 13.8 Å². The first-order valence-corrected chi connectivity index (χ1v) is 14.3. The number of halogens is 4. The van der Waals surface area contributed by atoms with Gasteiger partial charge in [0.15, 0.2) is 0 Å². The summed E-state index contributed by atoms with van der Waals surface area (Å²) >= 11 is 0. The highest BCUT2D eigenvalue weighted by molar-refractivity contribution is 5.40. The third-order valence-corrected chi connectivity index (χ3v) is 9.37. The zero-order chi connectivity index (χ0) is 25.0. The molecule has 5 heteroatoms. The predicted octanol–water partition coefficient (Wildman–Crippen LogP) is 9.79. The van der Waals surface area contributed by atoms with Crippen LogP contribution in [0.25, 0.3) is 0 Å². The first-order chi connectivity index (χ1) is 16.8. The molecule has 0 bridgehead atoms. The Bertz CT molecular complexity index is 795. The molecule has 0 spiro atoms. The molecule has 1 saturated heterocycles. The van der Waals surface area contributed by atoms with Gasteiger partial charge in [-0.3, -0.25) is 0 Å². The summed E-state index contributed by atoms with van der Waals surface area (Å²) in [5.41, 5.74) is -0.632. The molecule has 4 rings (SSSR count). The van der Waals surface area contributed by atoms with E-state index in [1.54, 1.807) is 12.1 Å². The highest BCUT2D eigenvalue weighted by Gasteiger charge is 2.42. The lowest BCUT2D eigenvalue weighted by Crippen LogP contribution is -2.27. The lowest BCUT2D eigenvalue weighted by molar-refractivity contribution is -0.141. The molecule has 3 aliphatic rings. The average molecular weight is 497 g/mol. The molecule has 1 aromatic rings. The van der Waals surface area contributed by atoms with Crippen LogP contribution < -0.4 is 0 Å². The molecule has 1 aliphatic heterocycles. The van der Waals surface area contributed by atoms with E-state index >= 15 is 4.39 Å². The van der Waals surface area contributed by atoms with Crippen molar-refractivity contribution in [3.63, 3.8) is 0 Å². The van der Waals surface area contributed by atoms with Gasteiger partial charge in [-0.15, -0.1) is 0 Å². The van der Waals surface area contributed by atoms with Gasteiger partial charge in [0.2, 0.25) is 0 Å². The molecule has 0 aromatic heterocycles. The molecule has 198 valence electrons. The molecule has 35 heavy (non-hydrogen) atoms. The van der Waals surface area contributed by atoms with Gasteiger partial charge in [-0.2, -0.15) is 13.2 Å². The monoisotopic (exact) mass is 496 g/mol. The van der Waals surface area contributed by atoms with Crippen LogP contribution in [0, 0.1) is 23.6 Å². The number of alkyl halides is 3. The topological polar surface area (TPSA) is 9.23 Å². The maximum atomic E-state index is 15.5. The van der Waals surface area contributed by atoms with E-state index in [0.717, 1.165) is 56.8 Å². The van der Waals surface area contributed by atoms with Crippen LogP contribution in [0.2, 0.25) is 0 Å². The lowest BCUT2D eigenvalue weighted by atomic mass is 9.67. The van der Waals surface area contributed by atoms with Crippen LogP contribution in [0.3, 0.4) is 0 Å². The second kappa shape index (κ2) is 12.0. The maximum Gasteiger partial charge on any atom is 0.419 e. The Balaban J connectivity index is 1.43. The Morgan fingerprint density at radius 2 is 1.31 bits per heavy atom. The fourth-order valence-electron chi connectivity index (χ4n) is 7.41. The molecule has 2 unspecified atom stereocenters. The number of benzene rings is 1. The Morgan fingerprint density at radius 1 is 0.743 bits per heavy atom. The second-order valence-corrected chi connectivity index (χ2v) is 11.6. The summed E-state index contributed by atoms with van der Waals surface area (Å²) in [7, 11) is 0. The van der Waals surface area contributed by atoms with Gasteiger partial charge in [0, 0.05) is 5.92 Å². The van der Waals surface area contributed by atoms with Gasteiger partial charge >= 0.3 is 6.18 Å². The van der Waals surface area contributed by atoms with Gasteiger partial charge < -0.3 is 4.74 Å². The quantitative estimate of drug-likeness (QED) is 0.341. The van der Waals surface area contributed by atoms with Crippen molar-refractivity contribution in [3.8, 4) is 0 Å². The van der Waals surface area contributed by atoms with Gasteiger partial charge in [-0.1, -0.05) is 58.1 Å². The zero-order valence-electron chi connectivity index (χ0n) is 21.6. The van der Waals surface area contributed by atoms with E-state index in [9.17, 15) is 13.2 Å². The molecular formula is C30H44F4O. The van der Waals surface area contributed by atoms with Crippen molar-refractivity contribution in [1.82, 2.24) is 0 Å². The summed E-state index contributed by atoms with van der Waals surface area (Å²) in [5.74, 6) is 0.691. The van der Waals surface area contributed by atoms with Crippen molar-refractivity contribution < 1.29 is 22.3 Å². The van der Waals surface area contributed by atoms with Crippen molar-refractivity contribution >= 4 is 0 Å². The standard InChI is InChI=1S/C30H44F4O/c1-3-5-20-7-9-21(10-8-20)22-11-13-23(14-12-22)26-17-18-27(29(31)28(26)30(32,33)34)24-15-16-25(6-4-2)35-19-24/h17-18,20-25H,3-16,19H2,1-2H3. The van der Waals surface area contributed by atoms with Gasteiger partial charge in [-0.25, -0.2) is 4.39 Å². The Hall–Kier alpha value is -1.10. The molecule has 1 heterocycles. The minimum atomic E-state index is -4.68. The largest absolute Gasteiger partial charge is 0.419 e. The van der Waals surface area contributed by atoms with Crippen LogP contribution in [0.15, 0.2) is 12.1 Å². The highest BCUT2D eigenvalue weighted by atomic mass is 19.4. The minimum absolute atomic E-state index is 0.151. The second-order valence-electron chi connectivity index (χ2n) is 11.6. The molecule has 3 fully saturated rings. The van der Waals surface area contributed by atoms with E-state index < -0.39 is 17.6 Å². The van der Waals surface area contributed by atoms with Crippen LogP contribution in [-0.4, -0.2) is 12.7 Å². The predicted molar refractivity (Wildman–Crippen MR) is 133 cm³/mol. The van der Waals surface area contributed by atoms with E-state index in [4.69, 9.17) is 4.74 Å². The summed E-state index contributed by atoms with van der Waals surface area (Å²) in [6.45, 7) is 4.66. The normalized spacial score (nSPS) is 32.5. The number of hydrogen-bond acceptors (Lipinski definition) is 1. The van der Waals surface area contributed by atoms with Gasteiger partial charge in [0.25, 0.3) is 0 Å². The Kier molecular flexibility index (Phi) is 9.21. The van der Waals surface area contributed by atoms with E-state index in [0.29, 0.717) is 18.9 Å². The fourth-order valence-corrected chi connectivity index (χ4v) is 7.41. The molecule has 2 saturated carbocycles. The molecule has 0 radical (unpaired) electrons. The summed E-state index contributed by atoms with van der Waals surface area (Å²) in [6.07, 6.45) is 10.1. The Morgan fingerprint density at radius 3 is 1.86 bits per heavy atom. The van der Waals surface area contributed by atoms with Crippen molar-refractivity contribution in [3.05, 3.63) is 34.6 Å². The van der Waals surface area contributed by atoms with Crippen molar-refractivity contribution in [2.75, 3.05) is 6.61 Å². The number of hydrogen-bond donors (Lipinski definition) is 0. The van der Waals surface area contributed by atoms with Crippen LogP contribution in [0.1, 0.15) is 132 Å². The summed E-state index contributed by atoms with van der Waals surface area (Å²) in [6, 6.07) is 3.23. The first-order valence-electron chi connectivity index (χ1n) is 14.3. The number of rotatable bonds is 7. The maximum absolute atomic E-state index is 15.5. The van der Waals surface area contributed by atoms with E-state index in [1.807, 2.05) is 0 Å². The summed E-state index contributed by atoms with van der Waals surface area (Å²) < 4.78 is 63.9. The van der Waals surface area contributed by atoms with Gasteiger partial charge in [0.05, 0.1) is 18.3 Å². The van der Waals surface area contributed by atoms with Crippen molar-refractivity contribution in [2.45, 2.75) is 128 Å². The Labute approximate surface area is 209 Å². The molecule has 1 nitrogen and oxygen atoms in total. The minimum Gasteiger partial charge on any atom is -0.378 e. The molecule has 0 N–H and O–H groups in total. The molecular weight excluding hydrogens is 452 g/mol. The van der Waals surface area contributed by atoms with Crippen molar-refractivity contribution in [1.29, 1.82) is 0 Å². The van der Waals surface area contributed by atoms with Gasteiger partial charge in [-0.05, 0) is 92.6 Å². The van der Waals surface area contributed by atoms with Gasteiger partial charge in [0.1, 0.15) is 5.82 Å². The number of ether oxygens (including phenoxy) is 1. The van der Waals surface area contributed by atoms with Crippen LogP contribution in [-0.2, 0) is 10.9 Å². The van der Waals surface area contributed by atoms with Crippen molar-refractivity contribution in [2.24, 2.45) is 17.8 Å². The zero-order valence-corrected chi connectivity index (χ0v) is 21.6. The SMILES string of the molecule is CCCC1CCC(C2CCC(c3ccc(C4CCC(CCC)OC4)c(F)c3C(F)(F)F)CC2)CC1. The third-order valence-electron chi connectivity index (χ3n) is 9.37. The molecule has 2 aliphatic carbocycles. The van der Waals surface area contributed by atoms with Crippen LogP contribution in [0.4, 0.5) is 17.6 Å². The molecule has 2 atom stereocenters. The van der Waals surface area contributed by atoms with E-state index in [1.165, 1.54) is 38.5 Å². The van der Waals surface area contributed by atoms with E-state index in [-0.39, 0.29) is 29.1 Å². The molecule has 0 amide bonds. The third kappa shape index (κ3) is 6.43. The average Bonchev–Trinajstić information content (AvgIpc) is 2.85. The van der Waals surface area contributed by atoms with Crippen LogP contribution >= 0.6 is 0 Å². The molecule has 1 aromatic carbocycles. The first kappa shape index (κ1) is 26.9.